The van der Waals surface area contributed by atoms with Gasteiger partial charge in [-0.25, -0.2) is 0 Å². The Hall–Kier alpha value is -1.31. The van der Waals surface area contributed by atoms with Gasteiger partial charge in [-0.05, 0) is 41.5 Å². The number of ether oxygens (including phenoxy) is 1. The molecule has 2 aliphatic rings. The second-order valence-electron chi connectivity index (χ2n) is 6.31. The maximum atomic E-state index is 11.9. The minimum Gasteiger partial charge on any atom is -0.497 e. The van der Waals surface area contributed by atoms with Crippen molar-refractivity contribution in [2.24, 2.45) is 5.41 Å². The molecule has 18 heavy (non-hydrogen) atoms. The van der Waals surface area contributed by atoms with Crippen molar-refractivity contribution in [3.63, 3.8) is 0 Å². The summed E-state index contributed by atoms with van der Waals surface area (Å²) >= 11 is 0. The molecule has 0 saturated heterocycles. The Morgan fingerprint density at radius 1 is 1.22 bits per heavy atom. The fourth-order valence-electron chi connectivity index (χ4n) is 3.94. The van der Waals surface area contributed by atoms with E-state index in [9.17, 15) is 4.79 Å². The van der Waals surface area contributed by atoms with E-state index in [1.807, 2.05) is 6.07 Å². The summed E-state index contributed by atoms with van der Waals surface area (Å²) in [5.74, 6) is 1.34. The molecule has 0 amide bonds. The summed E-state index contributed by atoms with van der Waals surface area (Å²) in [6, 6.07) is 6.34. The number of hydrogen-bond acceptors (Lipinski definition) is 2. The van der Waals surface area contributed by atoms with Crippen LogP contribution in [0.5, 0.6) is 5.75 Å². The number of ketones is 1. The zero-order valence-electron chi connectivity index (χ0n) is 11.4. The lowest BCUT2D eigenvalue weighted by Crippen LogP contribution is -2.40. The van der Waals surface area contributed by atoms with E-state index in [-0.39, 0.29) is 10.8 Å². The fourth-order valence-corrected chi connectivity index (χ4v) is 3.94. The Morgan fingerprint density at radius 3 is 2.72 bits per heavy atom. The van der Waals surface area contributed by atoms with Crippen molar-refractivity contribution in [3.05, 3.63) is 29.3 Å². The molecular weight excluding hydrogens is 224 g/mol. The van der Waals surface area contributed by atoms with Gasteiger partial charge in [0.15, 0.2) is 0 Å². The molecule has 3 rings (SSSR count). The van der Waals surface area contributed by atoms with Gasteiger partial charge >= 0.3 is 0 Å². The van der Waals surface area contributed by atoms with Crippen LogP contribution < -0.4 is 4.74 Å². The van der Waals surface area contributed by atoms with E-state index in [4.69, 9.17) is 4.74 Å². The number of Topliss-reactive ketones (excluding diaryl/α,β-unsaturated/α-hetero) is 1. The maximum Gasteiger partial charge on any atom is 0.134 e. The lowest BCUT2D eigenvalue weighted by atomic mass is 9.57. The van der Waals surface area contributed by atoms with Crippen LogP contribution >= 0.6 is 0 Å². The van der Waals surface area contributed by atoms with Crippen LogP contribution in [0.15, 0.2) is 18.2 Å². The quantitative estimate of drug-likeness (QED) is 0.758. The van der Waals surface area contributed by atoms with E-state index in [1.165, 1.54) is 11.1 Å². The normalized spacial score (nSPS) is 34.1. The van der Waals surface area contributed by atoms with Gasteiger partial charge in [0.2, 0.25) is 0 Å². The predicted molar refractivity (Wildman–Crippen MR) is 71.0 cm³/mol. The number of carbonyl (C=O) groups is 1. The Balaban J connectivity index is 2.14. The highest BCUT2D eigenvalue weighted by Crippen LogP contribution is 2.58. The van der Waals surface area contributed by atoms with Crippen LogP contribution in [0.1, 0.15) is 44.2 Å². The van der Waals surface area contributed by atoms with Crippen LogP contribution in [-0.2, 0) is 16.6 Å². The summed E-state index contributed by atoms with van der Waals surface area (Å²) in [6.45, 7) is 4.55. The average Bonchev–Trinajstić information content (AvgIpc) is 2.58. The smallest absolute Gasteiger partial charge is 0.134 e. The van der Waals surface area contributed by atoms with Crippen molar-refractivity contribution in [3.8, 4) is 5.75 Å². The van der Waals surface area contributed by atoms with Gasteiger partial charge in [0.25, 0.3) is 0 Å². The van der Waals surface area contributed by atoms with Gasteiger partial charge in [0.05, 0.1) is 7.11 Å². The minimum absolute atomic E-state index is 0.0178. The zero-order valence-corrected chi connectivity index (χ0v) is 11.4. The molecular formula is C16H20O2. The van der Waals surface area contributed by atoms with Gasteiger partial charge in [-0.2, -0.15) is 0 Å². The van der Waals surface area contributed by atoms with Crippen molar-refractivity contribution in [2.75, 3.05) is 7.11 Å². The molecule has 2 aliphatic carbocycles. The summed E-state index contributed by atoms with van der Waals surface area (Å²) in [7, 11) is 1.70. The monoisotopic (exact) mass is 244 g/mol. The van der Waals surface area contributed by atoms with Gasteiger partial charge in [-0.3, -0.25) is 4.79 Å². The average molecular weight is 244 g/mol. The Kier molecular flexibility index (Phi) is 2.35. The second kappa shape index (κ2) is 3.59. The highest BCUT2D eigenvalue weighted by atomic mass is 16.5. The first kappa shape index (κ1) is 11.8. The van der Waals surface area contributed by atoms with Crippen molar-refractivity contribution < 1.29 is 9.53 Å². The van der Waals surface area contributed by atoms with Crippen LogP contribution in [0.25, 0.3) is 0 Å². The van der Waals surface area contributed by atoms with Gasteiger partial charge < -0.3 is 4.74 Å². The largest absolute Gasteiger partial charge is 0.497 e. The molecule has 0 unspecified atom stereocenters. The van der Waals surface area contributed by atoms with Gasteiger partial charge in [0.1, 0.15) is 11.5 Å². The van der Waals surface area contributed by atoms with E-state index >= 15 is 0 Å². The number of aryl methyl sites for hydroxylation is 1. The molecule has 0 bridgehead atoms. The van der Waals surface area contributed by atoms with Crippen molar-refractivity contribution in [1.82, 2.24) is 0 Å². The van der Waals surface area contributed by atoms with Crippen molar-refractivity contribution in [2.45, 2.75) is 44.9 Å². The Labute approximate surface area is 108 Å². The third kappa shape index (κ3) is 1.38. The molecule has 2 nitrogen and oxygen atoms in total. The first-order chi connectivity index (χ1) is 8.48. The molecule has 1 aromatic rings. The number of carbonyl (C=O) groups excluding carboxylic acids is 1. The molecule has 2 heteroatoms. The van der Waals surface area contributed by atoms with Crippen molar-refractivity contribution >= 4 is 5.78 Å². The highest BCUT2D eigenvalue weighted by Gasteiger charge is 2.55. The predicted octanol–water partition coefficient (Wildman–Crippen LogP) is 3.27. The van der Waals surface area contributed by atoms with Crippen molar-refractivity contribution in [1.29, 1.82) is 0 Å². The summed E-state index contributed by atoms with van der Waals surface area (Å²) in [5, 5.41) is 0. The van der Waals surface area contributed by atoms with Crippen LogP contribution in [0.3, 0.4) is 0 Å². The Bertz CT molecular complexity index is 520. The number of rotatable bonds is 1. The molecule has 0 heterocycles. The standard InChI is InChI=1S/C16H20O2/c1-15-7-6-11-8-13(18-3)4-5-14(11)16(15,2)10-12(17)9-15/h4-5,8H,6-7,9-10H2,1-3H3/t15-,16+/m1/s1. The van der Waals surface area contributed by atoms with Gasteiger partial charge in [-0.15, -0.1) is 0 Å². The summed E-state index contributed by atoms with van der Waals surface area (Å²) in [4.78, 5) is 11.9. The fraction of sp³-hybridized carbons (Fsp3) is 0.562. The van der Waals surface area contributed by atoms with Crippen LogP contribution in [0.2, 0.25) is 0 Å². The van der Waals surface area contributed by atoms with Crippen LogP contribution in [0, 0.1) is 5.41 Å². The second-order valence-corrected chi connectivity index (χ2v) is 6.31. The highest BCUT2D eigenvalue weighted by molar-refractivity contribution is 5.84. The van der Waals surface area contributed by atoms with Crippen LogP contribution in [0.4, 0.5) is 0 Å². The first-order valence-electron chi connectivity index (χ1n) is 6.68. The lowest BCUT2D eigenvalue weighted by molar-refractivity contribution is -0.118. The Morgan fingerprint density at radius 2 is 2.00 bits per heavy atom. The minimum atomic E-state index is 0.0178. The van der Waals surface area contributed by atoms with E-state index in [0.717, 1.165) is 25.0 Å². The molecule has 96 valence electrons. The molecule has 0 radical (unpaired) electrons. The number of fused-ring (bicyclic) bond motifs is 3. The molecule has 1 saturated carbocycles. The molecule has 0 N–H and O–H groups in total. The van der Waals surface area contributed by atoms with E-state index in [0.29, 0.717) is 12.2 Å². The van der Waals surface area contributed by atoms with Gasteiger partial charge in [-0.1, -0.05) is 19.9 Å². The molecule has 2 atom stereocenters. The number of hydrogen-bond donors (Lipinski definition) is 0. The molecule has 1 aromatic carbocycles. The summed E-state index contributed by atoms with van der Waals surface area (Å²) < 4.78 is 5.30. The maximum absolute atomic E-state index is 11.9. The summed E-state index contributed by atoms with van der Waals surface area (Å²) in [5.41, 5.74) is 2.89. The lowest BCUT2D eigenvalue weighted by Gasteiger charge is -2.46. The zero-order chi connectivity index (χ0) is 13.0. The van der Waals surface area contributed by atoms with Gasteiger partial charge in [0, 0.05) is 18.3 Å². The SMILES string of the molecule is COc1ccc2c(c1)CC[C@]1(C)CC(=O)C[C@@]21C. The molecule has 0 aromatic heterocycles. The number of benzene rings is 1. The van der Waals surface area contributed by atoms with E-state index in [1.54, 1.807) is 7.11 Å². The molecule has 1 fully saturated rings. The summed E-state index contributed by atoms with van der Waals surface area (Å²) in [6.07, 6.45) is 3.61. The third-order valence-electron chi connectivity index (χ3n) is 5.32. The molecule has 0 spiro atoms. The third-order valence-corrected chi connectivity index (χ3v) is 5.32. The molecule has 0 aliphatic heterocycles. The van der Waals surface area contributed by atoms with Crippen LogP contribution in [-0.4, -0.2) is 12.9 Å². The first-order valence-corrected chi connectivity index (χ1v) is 6.68. The topological polar surface area (TPSA) is 26.3 Å². The number of methoxy groups -OCH3 is 1. The van der Waals surface area contributed by atoms with E-state index < -0.39 is 0 Å². The van der Waals surface area contributed by atoms with E-state index in [2.05, 4.69) is 26.0 Å².